The van der Waals surface area contributed by atoms with E-state index in [4.69, 9.17) is 9.47 Å². The van der Waals surface area contributed by atoms with Crippen LogP contribution in [0.15, 0.2) is 54.9 Å². The van der Waals surface area contributed by atoms with E-state index in [2.05, 4.69) is 39.0 Å². The Morgan fingerprint density at radius 3 is 2.59 bits per heavy atom. The first-order valence-corrected chi connectivity index (χ1v) is 12.5. The number of hydrogen-bond donors (Lipinski definition) is 0. The molecule has 0 N–H and O–H groups in total. The fourth-order valence-electron chi connectivity index (χ4n) is 5.03. The van der Waals surface area contributed by atoms with E-state index in [1.165, 1.54) is 6.33 Å². The van der Waals surface area contributed by atoms with Crippen molar-refractivity contribution in [1.82, 2.24) is 29.9 Å². The van der Waals surface area contributed by atoms with Crippen LogP contribution in [0.2, 0.25) is 0 Å². The molecule has 1 unspecified atom stereocenters. The summed E-state index contributed by atoms with van der Waals surface area (Å²) in [6.45, 7) is 8.27. The van der Waals surface area contributed by atoms with Crippen LogP contribution in [0.4, 0.5) is 5.82 Å². The lowest BCUT2D eigenvalue weighted by Gasteiger charge is -2.36. The number of fused-ring (bicyclic) bond motifs is 2. The molecule has 2 aliphatic heterocycles. The van der Waals surface area contributed by atoms with Crippen LogP contribution >= 0.6 is 0 Å². The van der Waals surface area contributed by atoms with Crippen molar-refractivity contribution in [3.8, 4) is 17.2 Å². The van der Waals surface area contributed by atoms with Crippen molar-refractivity contribution < 1.29 is 14.3 Å². The molecule has 2 aromatic carbocycles. The summed E-state index contributed by atoms with van der Waals surface area (Å²) in [6, 6.07) is 15.6. The number of benzene rings is 2. The number of carbonyl (C=O) groups excluding carboxylic acids is 1. The van der Waals surface area contributed by atoms with Crippen molar-refractivity contribution in [2.24, 2.45) is 0 Å². The highest BCUT2D eigenvalue weighted by atomic mass is 16.5. The van der Waals surface area contributed by atoms with Crippen LogP contribution in [0.3, 0.4) is 0 Å². The van der Waals surface area contributed by atoms with E-state index < -0.39 is 6.10 Å². The SMILES string of the molecule is CC(Oc1cccc2c1OC(C)(C)C2)C(=O)N1CCN(c2ncnc3c2nnn3-c2ccccc2)CC1. The third kappa shape index (κ3) is 4.32. The van der Waals surface area contributed by atoms with Crippen LogP contribution in [-0.4, -0.2) is 73.7 Å². The van der Waals surface area contributed by atoms with Crippen molar-refractivity contribution in [2.45, 2.75) is 38.9 Å². The van der Waals surface area contributed by atoms with E-state index in [-0.39, 0.29) is 11.5 Å². The second kappa shape index (κ2) is 9.02. The fraction of sp³-hybridized carbons (Fsp3) is 0.370. The van der Waals surface area contributed by atoms with E-state index in [1.54, 1.807) is 11.6 Å². The van der Waals surface area contributed by atoms with Gasteiger partial charge in [-0.25, -0.2) is 9.97 Å². The number of aromatic nitrogens is 5. The highest BCUT2D eigenvalue weighted by Gasteiger charge is 2.34. The lowest BCUT2D eigenvalue weighted by Crippen LogP contribution is -2.52. The van der Waals surface area contributed by atoms with Crippen molar-refractivity contribution >= 4 is 22.9 Å². The number of ether oxygens (including phenoxy) is 2. The van der Waals surface area contributed by atoms with E-state index >= 15 is 0 Å². The zero-order valence-electron chi connectivity index (χ0n) is 21.2. The summed E-state index contributed by atoms with van der Waals surface area (Å²) >= 11 is 0. The summed E-state index contributed by atoms with van der Waals surface area (Å²) < 4.78 is 13.9. The fourth-order valence-corrected chi connectivity index (χ4v) is 5.03. The van der Waals surface area contributed by atoms with Crippen molar-refractivity contribution in [3.63, 3.8) is 0 Å². The van der Waals surface area contributed by atoms with E-state index in [9.17, 15) is 4.79 Å². The average molecular weight is 500 g/mol. The average Bonchev–Trinajstić information content (AvgIpc) is 3.49. The summed E-state index contributed by atoms with van der Waals surface area (Å²) in [5.41, 5.74) is 3.01. The van der Waals surface area contributed by atoms with Gasteiger partial charge in [0.2, 0.25) is 0 Å². The topological polar surface area (TPSA) is 98.5 Å². The number of amides is 1. The van der Waals surface area contributed by atoms with E-state index in [0.717, 1.165) is 29.2 Å². The molecule has 0 saturated carbocycles. The van der Waals surface area contributed by atoms with Gasteiger partial charge in [0.15, 0.2) is 34.6 Å². The first-order valence-electron chi connectivity index (χ1n) is 12.5. The molecule has 1 saturated heterocycles. The second-order valence-electron chi connectivity index (χ2n) is 10.1. The van der Waals surface area contributed by atoms with Gasteiger partial charge in [-0.05, 0) is 39.0 Å². The third-order valence-electron chi connectivity index (χ3n) is 6.82. The maximum atomic E-state index is 13.2. The predicted molar refractivity (Wildman–Crippen MR) is 138 cm³/mol. The second-order valence-corrected chi connectivity index (χ2v) is 10.1. The van der Waals surface area contributed by atoms with Crippen LogP contribution in [0.25, 0.3) is 16.9 Å². The zero-order valence-corrected chi connectivity index (χ0v) is 21.2. The molecule has 1 fully saturated rings. The monoisotopic (exact) mass is 499 g/mol. The largest absolute Gasteiger partial charge is 0.483 e. The standard InChI is InChI=1S/C27H29N7O3/c1-18(36-21-11-7-8-19-16-27(2,3)37-23(19)21)26(35)33-14-12-32(13-15-33)24-22-25(29-17-28-24)34(31-30-22)20-9-5-4-6-10-20/h4-11,17-18H,12-16H2,1-3H3. The number of piperazine rings is 1. The molecule has 1 atom stereocenters. The van der Waals surface area contributed by atoms with Gasteiger partial charge in [-0.2, -0.15) is 4.68 Å². The molecule has 2 aromatic heterocycles. The number of rotatable bonds is 5. The summed E-state index contributed by atoms with van der Waals surface area (Å²) in [4.78, 5) is 26.1. The number of para-hydroxylation sites is 2. The Morgan fingerprint density at radius 2 is 1.81 bits per heavy atom. The van der Waals surface area contributed by atoms with Crippen LogP contribution in [0.1, 0.15) is 26.3 Å². The molecule has 10 nitrogen and oxygen atoms in total. The van der Waals surface area contributed by atoms with Gasteiger partial charge in [0.25, 0.3) is 5.91 Å². The Balaban J connectivity index is 1.13. The normalized spacial score (nSPS) is 17.4. The molecule has 0 spiro atoms. The van der Waals surface area contributed by atoms with Crippen LogP contribution in [-0.2, 0) is 11.2 Å². The molecule has 190 valence electrons. The van der Waals surface area contributed by atoms with E-state index in [1.807, 2.05) is 53.4 Å². The number of hydrogen-bond acceptors (Lipinski definition) is 8. The molecule has 4 heterocycles. The lowest BCUT2D eigenvalue weighted by molar-refractivity contribution is -0.138. The Labute approximate surface area is 214 Å². The third-order valence-corrected chi connectivity index (χ3v) is 6.82. The van der Waals surface area contributed by atoms with Crippen molar-refractivity contribution in [2.75, 3.05) is 31.1 Å². The van der Waals surface area contributed by atoms with Gasteiger partial charge in [0.1, 0.15) is 11.9 Å². The van der Waals surface area contributed by atoms with Gasteiger partial charge in [-0.15, -0.1) is 5.10 Å². The lowest BCUT2D eigenvalue weighted by atomic mass is 10.0. The first-order chi connectivity index (χ1) is 17.9. The molecule has 4 aromatic rings. The van der Waals surface area contributed by atoms with Gasteiger partial charge in [-0.3, -0.25) is 4.79 Å². The molecule has 0 radical (unpaired) electrons. The summed E-state index contributed by atoms with van der Waals surface area (Å²) in [5, 5.41) is 8.68. The minimum absolute atomic E-state index is 0.0441. The highest BCUT2D eigenvalue weighted by Crippen LogP contribution is 2.42. The maximum Gasteiger partial charge on any atom is 0.263 e. The molecule has 2 aliphatic rings. The first kappa shape index (κ1) is 23.2. The van der Waals surface area contributed by atoms with Crippen LogP contribution < -0.4 is 14.4 Å². The quantitative estimate of drug-likeness (QED) is 0.413. The van der Waals surface area contributed by atoms with Crippen LogP contribution in [0.5, 0.6) is 11.5 Å². The Kier molecular flexibility index (Phi) is 5.66. The molecule has 0 bridgehead atoms. The van der Waals surface area contributed by atoms with Gasteiger partial charge >= 0.3 is 0 Å². The highest BCUT2D eigenvalue weighted by molar-refractivity contribution is 5.84. The Hall–Kier alpha value is -4.21. The minimum Gasteiger partial charge on any atom is -0.483 e. The number of carbonyl (C=O) groups is 1. The molecule has 1 amide bonds. The molecule has 6 rings (SSSR count). The summed E-state index contributed by atoms with van der Waals surface area (Å²) in [7, 11) is 0. The van der Waals surface area contributed by atoms with Gasteiger partial charge in [0, 0.05) is 38.2 Å². The predicted octanol–water partition coefficient (Wildman–Crippen LogP) is 3.04. The number of anilines is 1. The smallest absolute Gasteiger partial charge is 0.263 e. The van der Waals surface area contributed by atoms with Crippen molar-refractivity contribution in [3.05, 3.63) is 60.4 Å². The molecule has 0 aliphatic carbocycles. The summed E-state index contributed by atoms with van der Waals surface area (Å²) in [6.07, 6.45) is 1.73. The van der Waals surface area contributed by atoms with Gasteiger partial charge in [0.05, 0.1) is 5.69 Å². The zero-order chi connectivity index (χ0) is 25.6. The van der Waals surface area contributed by atoms with E-state index in [0.29, 0.717) is 43.1 Å². The Bertz CT molecular complexity index is 1450. The molecular formula is C27H29N7O3. The molecule has 10 heteroatoms. The number of nitrogens with zero attached hydrogens (tertiary/aromatic N) is 7. The van der Waals surface area contributed by atoms with Gasteiger partial charge in [-0.1, -0.05) is 35.5 Å². The van der Waals surface area contributed by atoms with Crippen LogP contribution in [0, 0.1) is 0 Å². The summed E-state index contributed by atoms with van der Waals surface area (Å²) in [5.74, 6) is 2.04. The minimum atomic E-state index is -0.623. The molecule has 37 heavy (non-hydrogen) atoms. The molecular weight excluding hydrogens is 470 g/mol. The van der Waals surface area contributed by atoms with Crippen molar-refractivity contribution in [1.29, 1.82) is 0 Å². The van der Waals surface area contributed by atoms with Gasteiger partial charge < -0.3 is 19.3 Å². The maximum absolute atomic E-state index is 13.2. The Morgan fingerprint density at radius 1 is 1.03 bits per heavy atom.